The van der Waals surface area contributed by atoms with Gasteiger partial charge in [-0.3, -0.25) is 0 Å². The first-order valence-corrected chi connectivity index (χ1v) is 17.0. The molecule has 0 aliphatic heterocycles. The largest absolute Gasteiger partial charge is 3.00 e. The fourth-order valence-electron chi connectivity index (χ4n) is 5.87. The monoisotopic (exact) mass is 842 g/mol. The van der Waals surface area contributed by atoms with Crippen LogP contribution in [-0.4, -0.2) is 19.5 Å². The number of para-hydroxylation sites is 1. The van der Waals surface area contributed by atoms with E-state index >= 15 is 0 Å². The number of pyridine rings is 3. The van der Waals surface area contributed by atoms with Crippen LogP contribution in [0.1, 0.15) is 30.8 Å². The summed E-state index contributed by atoms with van der Waals surface area (Å²) in [6, 6.07) is 54.6. The molecule has 0 N–H and O–H groups in total. The van der Waals surface area contributed by atoms with E-state index in [9.17, 15) is 0 Å². The molecule has 0 aliphatic rings. The number of fused-ring (bicyclic) bond motifs is 3. The maximum Gasteiger partial charge on any atom is 3.00 e. The summed E-state index contributed by atoms with van der Waals surface area (Å²) in [5.74, 6) is 0.599. The first-order valence-electron chi connectivity index (χ1n) is 17.0. The molecule has 0 fully saturated rings. The third kappa shape index (κ3) is 9.52. The quantitative estimate of drug-likeness (QED) is 0.162. The molecule has 0 saturated carbocycles. The van der Waals surface area contributed by atoms with Crippen molar-refractivity contribution >= 4 is 21.8 Å². The summed E-state index contributed by atoms with van der Waals surface area (Å²) in [7, 11) is 0. The molecule has 8 aromatic rings. The van der Waals surface area contributed by atoms with Crippen molar-refractivity contribution in [3.8, 4) is 33.8 Å². The van der Waals surface area contributed by atoms with E-state index in [1.54, 1.807) is 0 Å². The molecule has 4 heterocycles. The second kappa shape index (κ2) is 17.6. The average molecular weight is 842 g/mol. The molecule has 51 heavy (non-hydrogen) atoms. The molecule has 0 amide bonds. The third-order valence-electron chi connectivity index (χ3n) is 8.19. The van der Waals surface area contributed by atoms with Crippen molar-refractivity contribution in [1.82, 2.24) is 19.5 Å². The predicted octanol–water partition coefficient (Wildman–Crippen LogP) is 11.3. The van der Waals surface area contributed by atoms with Crippen LogP contribution >= 0.6 is 0 Å². The van der Waals surface area contributed by atoms with Crippen molar-refractivity contribution in [2.75, 3.05) is 0 Å². The molecule has 0 aliphatic carbocycles. The molecular weight excluding hydrogens is 801 g/mol. The SMILES string of the molecule is Cc1cccc(-c2[c-]cccc2)n1.Cc1cccc(-c2[c-]cccc2)n1.Cc1ccnc(-c2[c-]cc3c(c2)c2ccccc2n3CC(C)C)c1.[Ir+3]. The second-order valence-corrected chi connectivity index (χ2v) is 12.8. The van der Waals surface area contributed by atoms with Gasteiger partial charge in [0, 0.05) is 29.6 Å². The van der Waals surface area contributed by atoms with Crippen LogP contribution in [0.5, 0.6) is 0 Å². The minimum Gasteiger partial charge on any atom is -0.380 e. The van der Waals surface area contributed by atoms with Crippen LogP contribution in [0.15, 0.2) is 140 Å². The Hall–Kier alpha value is -5.22. The Morgan fingerprint density at radius 1 is 0.569 bits per heavy atom. The van der Waals surface area contributed by atoms with Gasteiger partial charge in [0.15, 0.2) is 0 Å². The molecule has 8 rings (SSSR count). The van der Waals surface area contributed by atoms with Gasteiger partial charge in [0.1, 0.15) is 0 Å². The fourth-order valence-corrected chi connectivity index (χ4v) is 5.87. The van der Waals surface area contributed by atoms with Crippen LogP contribution in [0.3, 0.4) is 0 Å². The Balaban J connectivity index is 0.000000159. The molecule has 0 bridgehead atoms. The Kier molecular flexibility index (Phi) is 12.8. The van der Waals surface area contributed by atoms with Crippen LogP contribution in [0, 0.1) is 44.9 Å². The van der Waals surface area contributed by atoms with Crippen molar-refractivity contribution in [2.24, 2.45) is 5.92 Å². The van der Waals surface area contributed by atoms with Gasteiger partial charge in [-0.25, -0.2) is 0 Å². The molecule has 4 aromatic carbocycles. The fraction of sp³-hybridized carbons (Fsp3) is 0.152. The number of benzene rings is 4. The zero-order valence-electron chi connectivity index (χ0n) is 29.7. The van der Waals surface area contributed by atoms with Crippen molar-refractivity contribution < 1.29 is 20.1 Å². The third-order valence-corrected chi connectivity index (χ3v) is 8.19. The zero-order valence-corrected chi connectivity index (χ0v) is 32.1. The molecule has 0 saturated heterocycles. The van der Waals surface area contributed by atoms with Gasteiger partial charge in [-0.05, 0) is 78.9 Å². The molecule has 0 unspecified atom stereocenters. The number of aryl methyl sites for hydroxylation is 3. The number of nitrogens with zero attached hydrogens (tertiary/aromatic N) is 4. The van der Waals surface area contributed by atoms with Gasteiger partial charge in [0.25, 0.3) is 0 Å². The second-order valence-electron chi connectivity index (χ2n) is 12.8. The molecular formula is C46H41IrN4. The smallest absolute Gasteiger partial charge is 0.380 e. The number of hydrogen-bond donors (Lipinski definition) is 0. The van der Waals surface area contributed by atoms with E-state index in [1.807, 2.05) is 111 Å². The Morgan fingerprint density at radius 2 is 1.18 bits per heavy atom. The summed E-state index contributed by atoms with van der Waals surface area (Å²) in [5.41, 5.74) is 11.9. The molecule has 0 atom stereocenters. The van der Waals surface area contributed by atoms with Gasteiger partial charge in [0.2, 0.25) is 0 Å². The maximum atomic E-state index is 4.51. The Morgan fingerprint density at radius 3 is 1.73 bits per heavy atom. The number of rotatable bonds is 5. The van der Waals surface area contributed by atoms with Gasteiger partial charge in [-0.2, -0.15) is 0 Å². The summed E-state index contributed by atoms with van der Waals surface area (Å²) in [6.45, 7) is 11.6. The van der Waals surface area contributed by atoms with Crippen LogP contribution < -0.4 is 0 Å². The van der Waals surface area contributed by atoms with Crippen molar-refractivity contribution in [2.45, 2.75) is 41.2 Å². The standard InChI is InChI=1S/C22H21N2.2C12H10N.Ir/c1-15(2)14-24-21-7-5-4-6-18(21)19-13-17(8-9-22(19)24)20-12-16(3)10-11-23-20;2*1-10-6-5-9-12(13-10)11-7-3-2-4-8-11;/h4-7,9-13,15H,14H2,1-3H3;2*2-7,9H,1H3;/q3*-1;+3. The minimum atomic E-state index is 0. The Bertz CT molecular complexity index is 2230. The number of aromatic nitrogens is 4. The van der Waals surface area contributed by atoms with E-state index in [0.717, 1.165) is 51.7 Å². The van der Waals surface area contributed by atoms with E-state index in [0.29, 0.717) is 5.92 Å². The summed E-state index contributed by atoms with van der Waals surface area (Å²) in [5, 5.41) is 2.58. The first kappa shape index (κ1) is 37.0. The van der Waals surface area contributed by atoms with E-state index in [-0.39, 0.29) is 20.1 Å². The molecule has 4 nitrogen and oxygen atoms in total. The molecule has 0 spiro atoms. The van der Waals surface area contributed by atoms with Crippen LogP contribution in [0.2, 0.25) is 0 Å². The van der Waals surface area contributed by atoms with Gasteiger partial charge in [-0.1, -0.05) is 73.3 Å². The zero-order chi connectivity index (χ0) is 34.9. The van der Waals surface area contributed by atoms with Crippen molar-refractivity contribution in [3.63, 3.8) is 0 Å². The topological polar surface area (TPSA) is 43.6 Å². The molecule has 5 heteroatoms. The van der Waals surface area contributed by atoms with Crippen molar-refractivity contribution in [1.29, 1.82) is 0 Å². The Labute approximate surface area is 315 Å². The molecule has 254 valence electrons. The van der Waals surface area contributed by atoms with Crippen LogP contribution in [-0.2, 0) is 26.7 Å². The summed E-state index contributed by atoms with van der Waals surface area (Å²) in [4.78, 5) is 13.3. The van der Waals surface area contributed by atoms with Crippen LogP contribution in [0.4, 0.5) is 0 Å². The predicted molar refractivity (Wildman–Crippen MR) is 208 cm³/mol. The average Bonchev–Trinajstić information content (AvgIpc) is 3.45. The summed E-state index contributed by atoms with van der Waals surface area (Å²) in [6.07, 6.45) is 1.87. The molecule has 0 radical (unpaired) electrons. The van der Waals surface area contributed by atoms with Crippen molar-refractivity contribution in [3.05, 3.63) is 175 Å². The first-order chi connectivity index (χ1) is 24.4. The van der Waals surface area contributed by atoms with E-state index < -0.39 is 0 Å². The minimum absolute atomic E-state index is 0. The van der Waals surface area contributed by atoms with Gasteiger partial charge in [-0.15, -0.1) is 95.6 Å². The maximum absolute atomic E-state index is 4.51. The van der Waals surface area contributed by atoms with E-state index in [1.165, 1.54) is 27.4 Å². The van der Waals surface area contributed by atoms with E-state index in [4.69, 9.17) is 0 Å². The normalized spacial score (nSPS) is 10.5. The molecule has 4 aromatic heterocycles. The van der Waals surface area contributed by atoms with Gasteiger partial charge >= 0.3 is 20.1 Å². The number of hydrogen-bond acceptors (Lipinski definition) is 3. The summed E-state index contributed by atoms with van der Waals surface area (Å²) < 4.78 is 2.42. The van der Waals surface area contributed by atoms with E-state index in [2.05, 4.69) is 101 Å². The van der Waals surface area contributed by atoms with Gasteiger partial charge < -0.3 is 19.5 Å². The van der Waals surface area contributed by atoms with Gasteiger partial charge in [0.05, 0.1) is 0 Å². The van der Waals surface area contributed by atoms with Crippen LogP contribution in [0.25, 0.3) is 55.6 Å². The summed E-state index contributed by atoms with van der Waals surface area (Å²) >= 11 is 0.